The summed E-state index contributed by atoms with van der Waals surface area (Å²) in [6.07, 6.45) is 1.34. The highest BCUT2D eigenvalue weighted by atomic mass is 35.5. The van der Waals surface area contributed by atoms with Crippen LogP contribution in [0.4, 0.5) is 11.6 Å². The summed E-state index contributed by atoms with van der Waals surface area (Å²) in [7, 11) is 1.37. The predicted octanol–water partition coefficient (Wildman–Crippen LogP) is 3.34. The zero-order valence-corrected chi connectivity index (χ0v) is 19.7. The van der Waals surface area contributed by atoms with E-state index in [-0.39, 0.29) is 30.7 Å². The molecular formula is C24H20ClN5O6. The molecule has 184 valence electrons. The zero-order valence-electron chi connectivity index (χ0n) is 18.9. The standard InChI is InChI=1S/C24H20ClN5O6/c1-35-14-30-23(33)28-22(29(24(30)34)13-15-2-4-17(25)5-3-15)27-18-6-8-19(9-7-18)36-20-12-16(21(31)32)10-11-26-20/h2-12H,13-14H2,1H3,(H,31,32)(H,27,28,33). The molecule has 4 rings (SSSR count). The summed E-state index contributed by atoms with van der Waals surface area (Å²) >= 11 is 5.96. The predicted molar refractivity (Wildman–Crippen MR) is 131 cm³/mol. The average molecular weight is 510 g/mol. The molecule has 36 heavy (non-hydrogen) atoms. The molecule has 0 aliphatic heterocycles. The highest BCUT2D eigenvalue weighted by Gasteiger charge is 2.14. The van der Waals surface area contributed by atoms with Crippen LogP contribution in [0.2, 0.25) is 5.02 Å². The minimum atomic E-state index is -1.09. The van der Waals surface area contributed by atoms with Crippen LogP contribution in [0.3, 0.4) is 0 Å². The number of nitrogens with zero attached hydrogens (tertiary/aromatic N) is 4. The average Bonchev–Trinajstić information content (AvgIpc) is 2.86. The molecular weight excluding hydrogens is 490 g/mol. The monoisotopic (exact) mass is 509 g/mol. The minimum absolute atomic E-state index is 0.0387. The number of carboxylic acids is 1. The number of carbonyl (C=O) groups is 1. The van der Waals surface area contributed by atoms with E-state index in [1.807, 2.05) is 0 Å². The molecule has 0 spiro atoms. The van der Waals surface area contributed by atoms with Crippen molar-refractivity contribution in [2.24, 2.45) is 0 Å². The maximum absolute atomic E-state index is 13.1. The van der Waals surface area contributed by atoms with E-state index in [4.69, 9.17) is 26.2 Å². The van der Waals surface area contributed by atoms with E-state index in [0.29, 0.717) is 16.5 Å². The molecule has 2 N–H and O–H groups in total. The second-order valence-corrected chi connectivity index (χ2v) is 7.93. The van der Waals surface area contributed by atoms with Gasteiger partial charge in [0.1, 0.15) is 12.5 Å². The lowest BCUT2D eigenvalue weighted by atomic mass is 10.2. The van der Waals surface area contributed by atoms with Crippen molar-refractivity contribution in [3.8, 4) is 11.6 Å². The van der Waals surface area contributed by atoms with Crippen molar-refractivity contribution in [1.29, 1.82) is 0 Å². The van der Waals surface area contributed by atoms with Crippen molar-refractivity contribution < 1.29 is 19.4 Å². The number of hydrogen-bond donors (Lipinski definition) is 2. The maximum atomic E-state index is 13.1. The van der Waals surface area contributed by atoms with E-state index < -0.39 is 17.3 Å². The number of methoxy groups -OCH3 is 1. The molecule has 0 saturated heterocycles. The molecule has 0 fully saturated rings. The fraction of sp³-hybridized carbons (Fsp3) is 0.125. The quantitative estimate of drug-likeness (QED) is 0.348. The van der Waals surface area contributed by atoms with Crippen LogP contribution in [0.5, 0.6) is 11.6 Å². The first-order chi connectivity index (χ1) is 17.3. The Morgan fingerprint density at radius 2 is 1.78 bits per heavy atom. The number of hydrogen-bond acceptors (Lipinski definition) is 8. The third kappa shape index (κ3) is 5.77. The van der Waals surface area contributed by atoms with E-state index >= 15 is 0 Å². The summed E-state index contributed by atoms with van der Waals surface area (Å²) < 4.78 is 12.8. The summed E-state index contributed by atoms with van der Waals surface area (Å²) in [4.78, 5) is 44.7. The third-order valence-corrected chi connectivity index (χ3v) is 5.23. The number of anilines is 2. The molecule has 11 nitrogen and oxygen atoms in total. The van der Waals surface area contributed by atoms with E-state index in [0.717, 1.165) is 10.1 Å². The first-order valence-corrected chi connectivity index (χ1v) is 10.9. The van der Waals surface area contributed by atoms with Gasteiger partial charge in [0.25, 0.3) is 0 Å². The summed E-state index contributed by atoms with van der Waals surface area (Å²) in [6.45, 7) is -0.114. The van der Waals surface area contributed by atoms with Gasteiger partial charge in [-0.15, -0.1) is 0 Å². The van der Waals surface area contributed by atoms with Gasteiger partial charge in [0.2, 0.25) is 11.8 Å². The van der Waals surface area contributed by atoms with Crippen molar-refractivity contribution in [3.05, 3.63) is 104 Å². The van der Waals surface area contributed by atoms with Gasteiger partial charge in [-0.25, -0.2) is 23.9 Å². The second-order valence-electron chi connectivity index (χ2n) is 7.50. The SMILES string of the molecule is COCn1c(=O)nc(Nc2ccc(Oc3cc(C(=O)O)ccn3)cc2)n(Cc2ccc(Cl)cc2)c1=O. The Kier molecular flexibility index (Phi) is 7.42. The number of aromatic nitrogens is 4. The van der Waals surface area contributed by atoms with Crippen LogP contribution in [0.25, 0.3) is 0 Å². The number of rotatable bonds is 9. The van der Waals surface area contributed by atoms with Crippen LogP contribution in [-0.2, 0) is 18.0 Å². The highest BCUT2D eigenvalue weighted by molar-refractivity contribution is 6.30. The van der Waals surface area contributed by atoms with E-state index in [2.05, 4.69) is 15.3 Å². The van der Waals surface area contributed by atoms with Gasteiger partial charge >= 0.3 is 17.3 Å². The van der Waals surface area contributed by atoms with Crippen molar-refractivity contribution in [3.63, 3.8) is 0 Å². The first-order valence-electron chi connectivity index (χ1n) is 10.5. The van der Waals surface area contributed by atoms with Crippen LogP contribution in [0, 0.1) is 0 Å². The number of benzene rings is 2. The molecule has 2 aromatic carbocycles. The molecule has 0 aliphatic rings. The summed E-state index contributed by atoms with van der Waals surface area (Å²) in [5, 5.41) is 12.7. The van der Waals surface area contributed by atoms with Gasteiger partial charge in [0.15, 0.2) is 0 Å². The van der Waals surface area contributed by atoms with Gasteiger partial charge in [0, 0.05) is 30.1 Å². The molecule has 0 aliphatic carbocycles. The van der Waals surface area contributed by atoms with Gasteiger partial charge in [0.05, 0.1) is 12.1 Å². The van der Waals surface area contributed by atoms with Crippen molar-refractivity contribution >= 4 is 29.2 Å². The Morgan fingerprint density at radius 1 is 1.06 bits per heavy atom. The number of halogens is 1. The lowest BCUT2D eigenvalue weighted by Crippen LogP contribution is -2.43. The first kappa shape index (κ1) is 24.6. The lowest BCUT2D eigenvalue weighted by Gasteiger charge is -2.15. The topological polar surface area (TPSA) is 138 Å². The molecule has 0 unspecified atom stereocenters. The number of pyridine rings is 1. The summed E-state index contributed by atoms with van der Waals surface area (Å²) in [5.41, 5.74) is -0.0186. The van der Waals surface area contributed by atoms with Crippen molar-refractivity contribution in [2.45, 2.75) is 13.3 Å². The molecule has 2 heterocycles. The lowest BCUT2D eigenvalue weighted by molar-refractivity contribution is 0.0696. The Bertz CT molecular complexity index is 1500. The number of aromatic carboxylic acids is 1. The number of ether oxygens (including phenoxy) is 2. The summed E-state index contributed by atoms with van der Waals surface area (Å²) in [6, 6.07) is 16.1. The molecule has 0 atom stereocenters. The molecule has 4 aromatic rings. The van der Waals surface area contributed by atoms with E-state index in [1.165, 1.54) is 30.0 Å². The van der Waals surface area contributed by atoms with Crippen molar-refractivity contribution in [1.82, 2.24) is 19.1 Å². The van der Waals surface area contributed by atoms with Crippen LogP contribution >= 0.6 is 11.6 Å². The molecule has 2 aromatic heterocycles. The third-order valence-electron chi connectivity index (χ3n) is 4.98. The van der Waals surface area contributed by atoms with Gasteiger partial charge in [-0.3, -0.25) is 4.57 Å². The molecule has 0 bridgehead atoms. The Hall–Kier alpha value is -4.48. The normalized spacial score (nSPS) is 10.7. The second kappa shape index (κ2) is 10.8. The Balaban J connectivity index is 1.61. The molecule has 0 saturated carbocycles. The Labute approximate surface area is 209 Å². The van der Waals surface area contributed by atoms with E-state index in [1.54, 1.807) is 48.5 Å². The highest BCUT2D eigenvalue weighted by Crippen LogP contribution is 2.23. The van der Waals surface area contributed by atoms with Gasteiger partial charge in [-0.05, 0) is 48.0 Å². The molecule has 0 radical (unpaired) electrons. The molecule has 0 amide bonds. The zero-order chi connectivity index (χ0) is 25.7. The smallest absolute Gasteiger partial charge is 0.356 e. The number of nitrogens with one attached hydrogen (secondary N) is 1. The summed E-state index contributed by atoms with van der Waals surface area (Å²) in [5.74, 6) is -0.531. The fourth-order valence-electron chi connectivity index (χ4n) is 3.23. The van der Waals surface area contributed by atoms with Crippen LogP contribution in [0.1, 0.15) is 15.9 Å². The van der Waals surface area contributed by atoms with Gasteiger partial charge in [-0.2, -0.15) is 4.98 Å². The number of carboxylic acid groups (broad SMARTS) is 1. The molecule has 12 heteroatoms. The Morgan fingerprint density at radius 3 is 2.44 bits per heavy atom. The van der Waals surface area contributed by atoms with E-state index in [9.17, 15) is 14.4 Å². The largest absolute Gasteiger partial charge is 0.478 e. The maximum Gasteiger partial charge on any atom is 0.356 e. The van der Waals surface area contributed by atoms with Crippen LogP contribution in [-0.4, -0.2) is 37.3 Å². The van der Waals surface area contributed by atoms with Gasteiger partial charge in [-0.1, -0.05) is 23.7 Å². The van der Waals surface area contributed by atoms with Crippen molar-refractivity contribution in [2.75, 3.05) is 12.4 Å². The minimum Gasteiger partial charge on any atom is -0.478 e. The van der Waals surface area contributed by atoms with Gasteiger partial charge < -0.3 is 19.9 Å². The fourth-order valence-corrected chi connectivity index (χ4v) is 3.36. The van der Waals surface area contributed by atoms with Crippen LogP contribution < -0.4 is 21.4 Å². The van der Waals surface area contributed by atoms with Crippen LogP contribution in [0.15, 0.2) is 76.4 Å².